The maximum absolute atomic E-state index is 12.4. The lowest BCUT2D eigenvalue weighted by Crippen LogP contribution is -2.35. The van der Waals surface area contributed by atoms with Gasteiger partial charge in [0.05, 0.1) is 11.6 Å². The SMILES string of the molecule is N#CCN(C(=O)COC(=O)c1csc2c1CCCC2)c1ccccc1. The fourth-order valence-electron chi connectivity index (χ4n) is 2.95. The van der Waals surface area contributed by atoms with E-state index in [0.29, 0.717) is 11.3 Å². The minimum absolute atomic E-state index is 0.0890. The molecular formula is C19H18N2O3S. The summed E-state index contributed by atoms with van der Waals surface area (Å²) in [6.07, 6.45) is 4.13. The Kier molecular flexibility index (Phi) is 5.46. The van der Waals surface area contributed by atoms with Gasteiger partial charge < -0.3 is 4.74 Å². The highest BCUT2D eigenvalue weighted by atomic mass is 32.1. The summed E-state index contributed by atoms with van der Waals surface area (Å²) in [7, 11) is 0. The largest absolute Gasteiger partial charge is 0.452 e. The van der Waals surface area contributed by atoms with Gasteiger partial charge in [-0.2, -0.15) is 5.26 Å². The van der Waals surface area contributed by atoms with Crippen molar-refractivity contribution < 1.29 is 14.3 Å². The van der Waals surface area contributed by atoms with E-state index in [0.717, 1.165) is 31.2 Å². The number of aryl methyl sites for hydroxylation is 1. The summed E-state index contributed by atoms with van der Waals surface area (Å²) in [5.41, 5.74) is 2.27. The van der Waals surface area contributed by atoms with Crippen molar-refractivity contribution in [2.24, 2.45) is 0 Å². The number of para-hydroxylation sites is 1. The Hall–Kier alpha value is -2.65. The summed E-state index contributed by atoms with van der Waals surface area (Å²) in [4.78, 5) is 27.3. The van der Waals surface area contributed by atoms with Gasteiger partial charge in [0.15, 0.2) is 6.61 Å². The summed E-state index contributed by atoms with van der Waals surface area (Å²) >= 11 is 1.59. The zero-order chi connectivity index (χ0) is 17.6. The van der Waals surface area contributed by atoms with Crippen LogP contribution in [0.1, 0.15) is 33.6 Å². The van der Waals surface area contributed by atoms with Crippen LogP contribution >= 0.6 is 11.3 Å². The number of hydrogen-bond acceptors (Lipinski definition) is 5. The normalized spacial score (nSPS) is 12.8. The summed E-state index contributed by atoms with van der Waals surface area (Å²) in [6, 6.07) is 10.9. The summed E-state index contributed by atoms with van der Waals surface area (Å²) in [6.45, 7) is -0.464. The molecule has 3 rings (SSSR count). The first-order chi connectivity index (χ1) is 12.2. The second-order valence-electron chi connectivity index (χ2n) is 5.81. The first-order valence-corrected chi connectivity index (χ1v) is 9.07. The molecule has 1 aliphatic rings. The molecule has 6 heteroatoms. The van der Waals surface area contributed by atoms with Crippen LogP contribution in [0.25, 0.3) is 0 Å². The Labute approximate surface area is 150 Å². The van der Waals surface area contributed by atoms with Gasteiger partial charge in [0.25, 0.3) is 5.91 Å². The molecule has 0 spiro atoms. The van der Waals surface area contributed by atoms with Gasteiger partial charge in [-0.05, 0) is 43.4 Å². The number of nitrogens with zero attached hydrogens (tertiary/aromatic N) is 2. The van der Waals surface area contributed by atoms with E-state index in [9.17, 15) is 9.59 Å². The van der Waals surface area contributed by atoms with E-state index >= 15 is 0 Å². The first kappa shape index (κ1) is 17.2. The molecule has 0 aliphatic heterocycles. The molecule has 0 unspecified atom stereocenters. The number of ether oxygens (including phenoxy) is 1. The van der Waals surface area contributed by atoms with E-state index in [1.165, 1.54) is 9.78 Å². The van der Waals surface area contributed by atoms with Crippen LogP contribution in [0.2, 0.25) is 0 Å². The monoisotopic (exact) mass is 354 g/mol. The zero-order valence-corrected chi connectivity index (χ0v) is 14.6. The number of amides is 1. The summed E-state index contributed by atoms with van der Waals surface area (Å²) in [5, 5.41) is 10.8. The molecule has 1 aromatic heterocycles. The van der Waals surface area contributed by atoms with Crippen LogP contribution in [-0.4, -0.2) is 25.0 Å². The average molecular weight is 354 g/mol. The van der Waals surface area contributed by atoms with Crippen molar-refractivity contribution in [3.05, 3.63) is 51.7 Å². The average Bonchev–Trinajstić information content (AvgIpc) is 3.09. The molecule has 0 fully saturated rings. The van der Waals surface area contributed by atoms with Crippen LogP contribution in [0.4, 0.5) is 5.69 Å². The highest BCUT2D eigenvalue weighted by Crippen LogP contribution is 2.30. The van der Waals surface area contributed by atoms with Crippen LogP contribution in [-0.2, 0) is 22.4 Å². The van der Waals surface area contributed by atoms with Crippen LogP contribution in [0, 0.1) is 11.3 Å². The van der Waals surface area contributed by atoms with E-state index in [2.05, 4.69) is 0 Å². The Morgan fingerprint density at radius 1 is 1.20 bits per heavy atom. The van der Waals surface area contributed by atoms with Gasteiger partial charge in [-0.3, -0.25) is 9.69 Å². The number of nitriles is 1. The third kappa shape index (κ3) is 3.89. The minimum Gasteiger partial charge on any atom is -0.452 e. The van der Waals surface area contributed by atoms with E-state index in [-0.39, 0.29) is 13.2 Å². The van der Waals surface area contributed by atoms with Crippen molar-refractivity contribution in [1.82, 2.24) is 0 Å². The Balaban J connectivity index is 1.66. The highest BCUT2D eigenvalue weighted by Gasteiger charge is 2.23. The van der Waals surface area contributed by atoms with Crippen molar-refractivity contribution in [3.63, 3.8) is 0 Å². The molecule has 25 heavy (non-hydrogen) atoms. The number of fused-ring (bicyclic) bond motifs is 1. The molecule has 1 aromatic carbocycles. The standard InChI is InChI=1S/C19H18N2O3S/c20-10-11-21(14-6-2-1-3-7-14)18(22)12-24-19(23)16-13-25-17-9-5-4-8-15(16)17/h1-3,6-7,13H,4-5,8-9,11-12H2. The number of carbonyl (C=O) groups excluding carboxylic acids is 2. The fourth-order valence-corrected chi connectivity index (χ4v) is 4.07. The van der Waals surface area contributed by atoms with Crippen molar-refractivity contribution in [1.29, 1.82) is 5.26 Å². The van der Waals surface area contributed by atoms with Crippen molar-refractivity contribution in [2.45, 2.75) is 25.7 Å². The molecule has 2 aromatic rings. The summed E-state index contributed by atoms with van der Waals surface area (Å²) < 4.78 is 5.23. The van der Waals surface area contributed by atoms with E-state index in [4.69, 9.17) is 10.00 Å². The molecule has 0 atom stereocenters. The van der Waals surface area contributed by atoms with Gasteiger partial charge >= 0.3 is 5.97 Å². The van der Waals surface area contributed by atoms with Gasteiger partial charge in [-0.1, -0.05) is 18.2 Å². The number of rotatable bonds is 5. The topological polar surface area (TPSA) is 70.4 Å². The smallest absolute Gasteiger partial charge is 0.339 e. The van der Waals surface area contributed by atoms with Crippen LogP contribution in [0.3, 0.4) is 0 Å². The predicted molar refractivity (Wildman–Crippen MR) is 95.7 cm³/mol. The van der Waals surface area contributed by atoms with E-state index in [1.54, 1.807) is 35.6 Å². The van der Waals surface area contributed by atoms with E-state index in [1.807, 2.05) is 17.5 Å². The zero-order valence-electron chi connectivity index (χ0n) is 13.7. The molecule has 0 radical (unpaired) electrons. The van der Waals surface area contributed by atoms with Crippen LogP contribution in [0.15, 0.2) is 35.7 Å². The molecule has 1 heterocycles. The second kappa shape index (κ2) is 7.95. The van der Waals surface area contributed by atoms with Gasteiger partial charge in [-0.15, -0.1) is 11.3 Å². The quantitative estimate of drug-likeness (QED) is 0.610. The maximum atomic E-state index is 12.4. The third-order valence-corrected chi connectivity index (χ3v) is 5.29. The van der Waals surface area contributed by atoms with E-state index < -0.39 is 11.9 Å². The lowest BCUT2D eigenvalue weighted by Gasteiger charge is -2.19. The van der Waals surface area contributed by atoms with Gasteiger partial charge in [-0.25, -0.2) is 4.79 Å². The maximum Gasteiger partial charge on any atom is 0.339 e. The summed E-state index contributed by atoms with van der Waals surface area (Å²) in [5.74, 6) is -0.872. The molecule has 1 aliphatic carbocycles. The number of hydrogen-bond donors (Lipinski definition) is 0. The number of carbonyl (C=O) groups is 2. The molecule has 0 N–H and O–H groups in total. The number of thiophene rings is 1. The molecule has 0 bridgehead atoms. The number of benzene rings is 1. The molecular weight excluding hydrogens is 336 g/mol. The number of esters is 1. The van der Waals surface area contributed by atoms with Crippen molar-refractivity contribution in [2.75, 3.05) is 18.1 Å². The predicted octanol–water partition coefficient (Wildman–Crippen LogP) is 3.34. The van der Waals surface area contributed by atoms with Crippen molar-refractivity contribution in [3.8, 4) is 6.07 Å². The van der Waals surface area contributed by atoms with Gasteiger partial charge in [0, 0.05) is 15.9 Å². The molecule has 0 saturated heterocycles. The van der Waals surface area contributed by atoms with Crippen LogP contribution in [0.5, 0.6) is 0 Å². The molecule has 128 valence electrons. The Morgan fingerprint density at radius 3 is 2.72 bits per heavy atom. The first-order valence-electron chi connectivity index (χ1n) is 8.19. The molecule has 1 amide bonds. The van der Waals surface area contributed by atoms with Gasteiger partial charge in [0.1, 0.15) is 6.54 Å². The highest BCUT2D eigenvalue weighted by molar-refractivity contribution is 7.10. The minimum atomic E-state index is -0.460. The Morgan fingerprint density at radius 2 is 1.96 bits per heavy atom. The molecule has 5 nitrogen and oxygen atoms in total. The lowest BCUT2D eigenvalue weighted by atomic mass is 9.96. The second-order valence-corrected chi connectivity index (χ2v) is 6.77. The molecule has 0 saturated carbocycles. The third-order valence-electron chi connectivity index (χ3n) is 4.21. The Bertz CT molecular complexity index is 808. The van der Waals surface area contributed by atoms with Crippen molar-refractivity contribution >= 4 is 28.9 Å². The van der Waals surface area contributed by atoms with Crippen LogP contribution < -0.4 is 4.90 Å². The van der Waals surface area contributed by atoms with Gasteiger partial charge in [0.2, 0.25) is 0 Å². The fraction of sp³-hybridized carbons (Fsp3) is 0.316. The lowest BCUT2D eigenvalue weighted by molar-refractivity contribution is -0.121. The number of anilines is 1.